The van der Waals surface area contributed by atoms with Crippen LogP contribution < -0.4 is 10.6 Å². The van der Waals surface area contributed by atoms with Crippen LogP contribution in [0.3, 0.4) is 0 Å². The summed E-state index contributed by atoms with van der Waals surface area (Å²) in [6.07, 6.45) is -0.0438. The summed E-state index contributed by atoms with van der Waals surface area (Å²) >= 11 is 0. The van der Waals surface area contributed by atoms with Gasteiger partial charge in [-0.15, -0.1) is 24.8 Å². The summed E-state index contributed by atoms with van der Waals surface area (Å²) in [6, 6.07) is -0.208. The van der Waals surface area contributed by atoms with Gasteiger partial charge in [0.1, 0.15) is 6.04 Å². The van der Waals surface area contributed by atoms with Crippen molar-refractivity contribution in [2.75, 3.05) is 39.8 Å². The zero-order chi connectivity index (χ0) is 12.0. The molecule has 1 aliphatic rings. The molecule has 0 aliphatic carbocycles. The Morgan fingerprint density at radius 2 is 2.17 bits per heavy atom. The van der Waals surface area contributed by atoms with Crippen LogP contribution in [0.25, 0.3) is 0 Å². The molecule has 18 heavy (non-hydrogen) atoms. The monoisotopic (exact) mass is 301 g/mol. The standard InChI is InChI=1S/C11H23N3O2.2ClH/c1-4-14(3)7-5-13-11(15)10-9(2)16-8-6-12-10;;/h9-10,12H,4-8H2,1-3H3,(H,13,15);2*1H/t9-,10+;;/m1../s1. The van der Waals surface area contributed by atoms with Crippen LogP contribution in [0.15, 0.2) is 0 Å². The molecule has 110 valence electrons. The van der Waals surface area contributed by atoms with Gasteiger partial charge in [0.25, 0.3) is 0 Å². The Morgan fingerprint density at radius 1 is 1.50 bits per heavy atom. The average Bonchev–Trinajstić information content (AvgIpc) is 2.29. The van der Waals surface area contributed by atoms with Crippen molar-refractivity contribution in [3.63, 3.8) is 0 Å². The minimum atomic E-state index is -0.208. The highest BCUT2D eigenvalue weighted by molar-refractivity contribution is 5.85. The Kier molecular flexibility index (Phi) is 12.2. The first-order valence-electron chi connectivity index (χ1n) is 5.96. The van der Waals surface area contributed by atoms with Crippen molar-refractivity contribution in [2.24, 2.45) is 0 Å². The number of hydrogen-bond donors (Lipinski definition) is 2. The van der Waals surface area contributed by atoms with Gasteiger partial charge in [-0.1, -0.05) is 6.92 Å². The van der Waals surface area contributed by atoms with Crippen molar-refractivity contribution < 1.29 is 9.53 Å². The minimum absolute atomic E-state index is 0. The van der Waals surface area contributed by atoms with E-state index in [0.29, 0.717) is 13.2 Å². The fourth-order valence-corrected chi connectivity index (χ4v) is 1.67. The molecule has 5 nitrogen and oxygen atoms in total. The van der Waals surface area contributed by atoms with Crippen LogP contribution >= 0.6 is 24.8 Å². The van der Waals surface area contributed by atoms with Crippen molar-refractivity contribution >= 4 is 30.7 Å². The number of ether oxygens (including phenoxy) is 1. The SMILES string of the molecule is CCN(C)CCNC(=O)[C@H]1NCCO[C@@H]1C.Cl.Cl. The minimum Gasteiger partial charge on any atom is -0.375 e. The lowest BCUT2D eigenvalue weighted by Crippen LogP contribution is -2.56. The van der Waals surface area contributed by atoms with Gasteiger partial charge in [-0.25, -0.2) is 0 Å². The summed E-state index contributed by atoms with van der Waals surface area (Å²) in [5.41, 5.74) is 0. The molecule has 1 heterocycles. The van der Waals surface area contributed by atoms with Crippen molar-refractivity contribution in [3.05, 3.63) is 0 Å². The zero-order valence-corrected chi connectivity index (χ0v) is 12.9. The van der Waals surface area contributed by atoms with Crippen LogP contribution in [-0.4, -0.2) is 62.8 Å². The van der Waals surface area contributed by atoms with E-state index in [1.165, 1.54) is 0 Å². The van der Waals surface area contributed by atoms with Gasteiger partial charge in [0, 0.05) is 19.6 Å². The molecule has 1 fully saturated rings. The van der Waals surface area contributed by atoms with Gasteiger partial charge >= 0.3 is 0 Å². The van der Waals surface area contributed by atoms with E-state index in [1.807, 2.05) is 14.0 Å². The number of amides is 1. The van der Waals surface area contributed by atoms with Gasteiger partial charge < -0.3 is 20.3 Å². The third kappa shape index (κ3) is 6.75. The molecule has 2 N–H and O–H groups in total. The molecule has 0 bridgehead atoms. The molecule has 0 spiro atoms. The van der Waals surface area contributed by atoms with E-state index in [0.717, 1.165) is 19.6 Å². The van der Waals surface area contributed by atoms with Crippen LogP contribution in [0, 0.1) is 0 Å². The number of morpholine rings is 1. The summed E-state index contributed by atoms with van der Waals surface area (Å²) < 4.78 is 5.43. The number of halogens is 2. The summed E-state index contributed by atoms with van der Waals surface area (Å²) in [4.78, 5) is 14.0. The van der Waals surface area contributed by atoms with Gasteiger partial charge in [-0.2, -0.15) is 0 Å². The van der Waals surface area contributed by atoms with Gasteiger partial charge in [0.15, 0.2) is 0 Å². The van der Waals surface area contributed by atoms with Crippen LogP contribution in [0.4, 0.5) is 0 Å². The fraction of sp³-hybridized carbons (Fsp3) is 0.909. The zero-order valence-electron chi connectivity index (χ0n) is 11.3. The van der Waals surface area contributed by atoms with Gasteiger partial charge in [-0.05, 0) is 20.5 Å². The molecule has 0 aromatic rings. The Morgan fingerprint density at radius 3 is 2.72 bits per heavy atom. The van der Waals surface area contributed by atoms with Crippen molar-refractivity contribution in [3.8, 4) is 0 Å². The summed E-state index contributed by atoms with van der Waals surface area (Å²) in [6.45, 7) is 8.02. The van der Waals surface area contributed by atoms with Gasteiger partial charge in [0.2, 0.25) is 5.91 Å². The molecular weight excluding hydrogens is 277 g/mol. The fourth-order valence-electron chi connectivity index (χ4n) is 1.67. The Balaban J connectivity index is 0. The molecule has 1 rings (SSSR count). The first kappa shape index (κ1) is 20.3. The maximum Gasteiger partial charge on any atom is 0.239 e. The molecule has 2 atom stereocenters. The number of likely N-dealkylation sites (N-methyl/N-ethyl adjacent to an activating group) is 1. The molecular formula is C11H25Cl2N3O2. The molecule has 0 saturated carbocycles. The second-order valence-corrected chi connectivity index (χ2v) is 4.19. The normalized spacial score (nSPS) is 22.9. The molecule has 1 aliphatic heterocycles. The largest absolute Gasteiger partial charge is 0.375 e. The topological polar surface area (TPSA) is 53.6 Å². The molecule has 7 heteroatoms. The van der Waals surface area contributed by atoms with E-state index >= 15 is 0 Å². The second kappa shape index (κ2) is 10.8. The van der Waals surface area contributed by atoms with Gasteiger partial charge in [0.05, 0.1) is 12.7 Å². The van der Waals surface area contributed by atoms with E-state index in [9.17, 15) is 4.79 Å². The number of rotatable bonds is 5. The second-order valence-electron chi connectivity index (χ2n) is 4.19. The summed E-state index contributed by atoms with van der Waals surface area (Å²) in [7, 11) is 2.04. The quantitative estimate of drug-likeness (QED) is 0.766. The predicted molar refractivity (Wildman–Crippen MR) is 77.9 cm³/mol. The first-order chi connectivity index (χ1) is 7.65. The van der Waals surface area contributed by atoms with E-state index in [-0.39, 0.29) is 42.9 Å². The average molecular weight is 302 g/mol. The highest BCUT2D eigenvalue weighted by atomic mass is 35.5. The molecule has 1 amide bonds. The van der Waals surface area contributed by atoms with Crippen LogP contribution in [-0.2, 0) is 9.53 Å². The Hall–Kier alpha value is -0.0700. The predicted octanol–water partition coefficient (Wildman–Crippen LogP) is 0.275. The number of nitrogens with zero attached hydrogens (tertiary/aromatic N) is 1. The number of nitrogens with one attached hydrogen (secondary N) is 2. The van der Waals surface area contributed by atoms with Crippen LogP contribution in [0.2, 0.25) is 0 Å². The van der Waals surface area contributed by atoms with E-state index in [2.05, 4.69) is 22.5 Å². The van der Waals surface area contributed by atoms with Crippen LogP contribution in [0.1, 0.15) is 13.8 Å². The highest BCUT2D eigenvalue weighted by Gasteiger charge is 2.27. The lowest BCUT2D eigenvalue weighted by atomic mass is 10.1. The van der Waals surface area contributed by atoms with Gasteiger partial charge in [-0.3, -0.25) is 4.79 Å². The number of hydrogen-bond acceptors (Lipinski definition) is 4. The maximum atomic E-state index is 11.8. The molecule has 0 aromatic heterocycles. The third-order valence-electron chi connectivity index (χ3n) is 2.93. The number of carbonyl (C=O) groups excluding carboxylic acids is 1. The third-order valence-corrected chi connectivity index (χ3v) is 2.93. The van der Waals surface area contributed by atoms with Crippen molar-refractivity contribution in [1.82, 2.24) is 15.5 Å². The van der Waals surface area contributed by atoms with Crippen LogP contribution in [0.5, 0.6) is 0 Å². The molecule has 0 unspecified atom stereocenters. The van der Waals surface area contributed by atoms with E-state index in [4.69, 9.17) is 4.74 Å². The smallest absolute Gasteiger partial charge is 0.239 e. The van der Waals surface area contributed by atoms with Crippen molar-refractivity contribution in [2.45, 2.75) is 26.0 Å². The van der Waals surface area contributed by atoms with E-state index in [1.54, 1.807) is 0 Å². The Bertz CT molecular complexity index is 232. The summed E-state index contributed by atoms with van der Waals surface area (Å²) in [5.74, 6) is 0.0386. The number of carbonyl (C=O) groups is 1. The highest BCUT2D eigenvalue weighted by Crippen LogP contribution is 2.03. The lowest BCUT2D eigenvalue weighted by molar-refractivity contribution is -0.128. The lowest BCUT2D eigenvalue weighted by Gasteiger charge is -2.29. The summed E-state index contributed by atoms with van der Waals surface area (Å²) in [5, 5.41) is 6.09. The molecule has 0 radical (unpaired) electrons. The Labute approximate surface area is 122 Å². The maximum absolute atomic E-state index is 11.8. The molecule has 0 aromatic carbocycles. The first-order valence-corrected chi connectivity index (χ1v) is 5.96. The van der Waals surface area contributed by atoms with Crippen molar-refractivity contribution in [1.29, 1.82) is 0 Å². The molecule has 1 saturated heterocycles. The van der Waals surface area contributed by atoms with E-state index < -0.39 is 0 Å².